The van der Waals surface area contributed by atoms with E-state index in [9.17, 15) is 4.39 Å². The highest BCUT2D eigenvalue weighted by atomic mass is 19.1. The van der Waals surface area contributed by atoms with Crippen molar-refractivity contribution in [1.29, 1.82) is 0 Å². The summed E-state index contributed by atoms with van der Waals surface area (Å²) >= 11 is 0. The summed E-state index contributed by atoms with van der Waals surface area (Å²) in [6, 6.07) is 4.44. The summed E-state index contributed by atoms with van der Waals surface area (Å²) in [5.41, 5.74) is 8.02. The zero-order chi connectivity index (χ0) is 13.8. The van der Waals surface area contributed by atoms with Crippen LogP contribution in [-0.2, 0) is 0 Å². The van der Waals surface area contributed by atoms with Crippen LogP contribution < -0.4 is 11.1 Å². The van der Waals surface area contributed by atoms with Gasteiger partial charge in [-0.05, 0) is 37.2 Å². The molecule has 0 radical (unpaired) electrons. The minimum absolute atomic E-state index is 0.340. The lowest BCUT2D eigenvalue weighted by Gasteiger charge is -2.21. The first-order chi connectivity index (χ1) is 9.15. The van der Waals surface area contributed by atoms with Crippen molar-refractivity contribution in [1.82, 2.24) is 15.3 Å². The van der Waals surface area contributed by atoms with E-state index >= 15 is 0 Å². The topological polar surface area (TPSA) is 63.8 Å². The first-order valence-corrected chi connectivity index (χ1v) is 6.20. The molecule has 3 N–H and O–H groups in total. The number of aromatic nitrogens is 2. The van der Waals surface area contributed by atoms with Crippen LogP contribution in [0.3, 0.4) is 0 Å². The molecular weight excluding hydrogens is 243 g/mol. The van der Waals surface area contributed by atoms with Crippen LogP contribution in [0.1, 0.15) is 29.8 Å². The number of hydrogen-bond acceptors (Lipinski definition) is 4. The molecule has 0 saturated heterocycles. The third-order valence-corrected chi connectivity index (χ3v) is 3.00. The van der Waals surface area contributed by atoms with Crippen molar-refractivity contribution in [3.8, 4) is 0 Å². The fraction of sp³-hybridized carbons (Fsp3) is 0.286. The Kier molecular flexibility index (Phi) is 4.06. The highest BCUT2D eigenvalue weighted by Crippen LogP contribution is 2.28. The van der Waals surface area contributed by atoms with E-state index in [1.165, 1.54) is 6.07 Å². The summed E-state index contributed by atoms with van der Waals surface area (Å²) in [6.45, 7) is 4.56. The minimum atomic E-state index is -0.389. The number of nitrogen functional groups attached to an aromatic ring is 1. The van der Waals surface area contributed by atoms with E-state index in [2.05, 4.69) is 15.3 Å². The molecule has 2 rings (SSSR count). The molecule has 0 saturated carbocycles. The van der Waals surface area contributed by atoms with Crippen molar-refractivity contribution in [3.05, 3.63) is 53.2 Å². The Morgan fingerprint density at radius 3 is 2.74 bits per heavy atom. The molecule has 0 aliphatic carbocycles. The lowest BCUT2D eigenvalue weighted by molar-refractivity contribution is 0.541. The van der Waals surface area contributed by atoms with Crippen LogP contribution in [0.4, 0.5) is 10.2 Å². The number of anilines is 1. The van der Waals surface area contributed by atoms with Crippen molar-refractivity contribution in [2.24, 2.45) is 0 Å². The van der Waals surface area contributed by atoms with Gasteiger partial charge >= 0.3 is 0 Å². The maximum Gasteiger partial charge on any atom is 0.146 e. The Morgan fingerprint density at radius 2 is 2.11 bits per heavy atom. The van der Waals surface area contributed by atoms with Crippen LogP contribution in [0.2, 0.25) is 0 Å². The fourth-order valence-electron chi connectivity index (χ4n) is 2.12. The quantitative estimate of drug-likeness (QED) is 0.884. The molecular formula is C14H17FN4. The average Bonchev–Trinajstić information content (AvgIpc) is 2.38. The monoisotopic (exact) mass is 260 g/mol. The van der Waals surface area contributed by atoms with Gasteiger partial charge in [-0.3, -0.25) is 4.98 Å². The zero-order valence-corrected chi connectivity index (χ0v) is 11.0. The molecule has 0 aromatic carbocycles. The molecule has 2 aromatic rings. The second-order valence-electron chi connectivity index (χ2n) is 4.29. The summed E-state index contributed by atoms with van der Waals surface area (Å²) in [6.07, 6.45) is 3.22. The normalized spacial score (nSPS) is 12.4. The van der Waals surface area contributed by atoms with Gasteiger partial charge in [-0.1, -0.05) is 6.92 Å². The van der Waals surface area contributed by atoms with Gasteiger partial charge < -0.3 is 11.1 Å². The Balaban J connectivity index is 2.55. The maximum atomic E-state index is 13.9. The van der Waals surface area contributed by atoms with E-state index in [4.69, 9.17) is 5.73 Å². The molecule has 0 fully saturated rings. The van der Waals surface area contributed by atoms with Crippen LogP contribution in [-0.4, -0.2) is 16.5 Å². The molecule has 2 heterocycles. The molecule has 0 bridgehead atoms. The van der Waals surface area contributed by atoms with E-state index in [-0.39, 0.29) is 11.9 Å². The summed E-state index contributed by atoms with van der Waals surface area (Å²) in [5.74, 6) is 0.0482. The molecule has 1 atom stereocenters. The molecule has 0 aliphatic heterocycles. The van der Waals surface area contributed by atoms with E-state index in [1.54, 1.807) is 18.5 Å². The van der Waals surface area contributed by atoms with Gasteiger partial charge in [0.05, 0.1) is 11.7 Å². The highest BCUT2D eigenvalue weighted by Gasteiger charge is 2.22. The van der Waals surface area contributed by atoms with Crippen molar-refractivity contribution < 1.29 is 4.39 Å². The maximum absolute atomic E-state index is 13.9. The van der Waals surface area contributed by atoms with Crippen LogP contribution in [0, 0.1) is 12.7 Å². The Morgan fingerprint density at radius 1 is 1.32 bits per heavy atom. The molecule has 19 heavy (non-hydrogen) atoms. The number of nitrogens with two attached hydrogens (primary N) is 1. The number of nitrogens with zero attached hydrogens (tertiary/aromatic N) is 2. The van der Waals surface area contributed by atoms with E-state index in [0.29, 0.717) is 18.1 Å². The van der Waals surface area contributed by atoms with Gasteiger partial charge in [0.15, 0.2) is 0 Å². The first-order valence-electron chi connectivity index (χ1n) is 6.20. The van der Waals surface area contributed by atoms with Crippen molar-refractivity contribution in [2.75, 3.05) is 12.3 Å². The highest BCUT2D eigenvalue weighted by molar-refractivity contribution is 5.49. The standard InChI is InChI=1S/C14H17FN4/c1-3-17-13(12-10(15)5-4-7-18-12)11-9(2)6-8-19-14(11)16/h4-8,13,17H,3H2,1-2H3,(H2,16,19). The summed E-state index contributed by atoms with van der Waals surface area (Å²) in [4.78, 5) is 8.22. The molecule has 0 spiro atoms. The molecule has 100 valence electrons. The largest absolute Gasteiger partial charge is 0.383 e. The number of pyridine rings is 2. The van der Waals surface area contributed by atoms with Gasteiger partial charge in [0, 0.05) is 18.0 Å². The number of rotatable bonds is 4. The number of nitrogens with one attached hydrogen (secondary N) is 1. The van der Waals surface area contributed by atoms with Crippen LogP contribution in [0.5, 0.6) is 0 Å². The molecule has 0 aliphatic rings. The number of hydrogen-bond donors (Lipinski definition) is 2. The van der Waals surface area contributed by atoms with Crippen molar-refractivity contribution in [3.63, 3.8) is 0 Å². The molecule has 5 heteroatoms. The third kappa shape index (κ3) is 2.71. The van der Waals surface area contributed by atoms with Gasteiger partial charge in [-0.25, -0.2) is 9.37 Å². The Hall–Kier alpha value is -2.01. The molecule has 2 aromatic heterocycles. The molecule has 0 amide bonds. The lowest BCUT2D eigenvalue weighted by Crippen LogP contribution is -2.26. The van der Waals surface area contributed by atoms with Gasteiger partial charge in [-0.2, -0.15) is 0 Å². The second kappa shape index (κ2) is 5.75. The summed E-state index contributed by atoms with van der Waals surface area (Å²) < 4.78 is 13.9. The number of halogens is 1. The Labute approximate surface area is 111 Å². The zero-order valence-electron chi connectivity index (χ0n) is 11.0. The predicted octanol–water partition coefficient (Wildman–Crippen LogP) is 2.21. The molecule has 1 unspecified atom stereocenters. The summed E-state index contributed by atoms with van der Waals surface area (Å²) in [7, 11) is 0. The summed E-state index contributed by atoms with van der Waals surface area (Å²) in [5, 5.41) is 3.22. The van der Waals surface area contributed by atoms with Gasteiger partial charge in [0.25, 0.3) is 0 Å². The molecule has 4 nitrogen and oxygen atoms in total. The predicted molar refractivity (Wildman–Crippen MR) is 73.1 cm³/mol. The first kappa shape index (κ1) is 13.4. The van der Waals surface area contributed by atoms with Crippen LogP contribution in [0.25, 0.3) is 0 Å². The van der Waals surface area contributed by atoms with Crippen molar-refractivity contribution in [2.45, 2.75) is 19.9 Å². The SMILES string of the molecule is CCNC(c1ncccc1F)c1c(C)ccnc1N. The van der Waals surface area contributed by atoms with Crippen LogP contribution >= 0.6 is 0 Å². The fourth-order valence-corrected chi connectivity index (χ4v) is 2.12. The van der Waals surface area contributed by atoms with E-state index < -0.39 is 0 Å². The minimum Gasteiger partial charge on any atom is -0.383 e. The van der Waals surface area contributed by atoms with E-state index in [0.717, 1.165) is 11.1 Å². The third-order valence-electron chi connectivity index (χ3n) is 3.00. The van der Waals surface area contributed by atoms with Gasteiger partial charge in [0.1, 0.15) is 11.6 Å². The number of aryl methyl sites for hydroxylation is 1. The lowest BCUT2D eigenvalue weighted by atomic mass is 9.99. The average molecular weight is 260 g/mol. The van der Waals surface area contributed by atoms with Crippen molar-refractivity contribution >= 4 is 5.82 Å². The van der Waals surface area contributed by atoms with Gasteiger partial charge in [0.2, 0.25) is 0 Å². The Bertz CT molecular complexity index is 551. The van der Waals surface area contributed by atoms with Crippen LogP contribution in [0.15, 0.2) is 30.6 Å². The smallest absolute Gasteiger partial charge is 0.146 e. The van der Waals surface area contributed by atoms with E-state index in [1.807, 2.05) is 19.9 Å². The van der Waals surface area contributed by atoms with Gasteiger partial charge in [-0.15, -0.1) is 0 Å². The second-order valence-corrected chi connectivity index (χ2v) is 4.29.